The Morgan fingerprint density at radius 2 is 1.57 bits per heavy atom. The summed E-state index contributed by atoms with van der Waals surface area (Å²) >= 11 is 1.47. The van der Waals surface area contributed by atoms with E-state index in [1.807, 2.05) is 0 Å². The van der Waals surface area contributed by atoms with Crippen LogP contribution >= 0.6 is 11.8 Å². The summed E-state index contributed by atoms with van der Waals surface area (Å²) in [6.45, 7) is 0. The van der Waals surface area contributed by atoms with Crippen LogP contribution in [0.1, 0.15) is 0 Å². The highest BCUT2D eigenvalue weighted by Crippen LogP contribution is 1.84. The molecule has 0 aromatic carbocycles. The average molecular weight is 116 g/mol. The van der Waals surface area contributed by atoms with Crippen LogP contribution in [-0.4, -0.2) is 25.2 Å². The lowest BCUT2D eigenvalue weighted by Gasteiger charge is -1.72. The Labute approximate surface area is 47.7 Å². The van der Waals surface area contributed by atoms with Crippen LogP contribution in [0.15, 0.2) is 9.98 Å². The molecule has 3 heteroatoms. The van der Waals surface area contributed by atoms with Crippen molar-refractivity contribution in [3.63, 3.8) is 0 Å². The van der Waals surface area contributed by atoms with Gasteiger partial charge in [-0.2, -0.15) is 0 Å². The fraction of sp³-hybridized carbons (Fsp3) is 0.500. The molecule has 0 N–H and O–H groups in total. The highest BCUT2D eigenvalue weighted by molar-refractivity contribution is 8.23. The Morgan fingerprint density at radius 1 is 1.14 bits per heavy atom. The van der Waals surface area contributed by atoms with E-state index in [-0.39, 0.29) is 0 Å². The van der Waals surface area contributed by atoms with E-state index in [0.717, 1.165) is 0 Å². The monoisotopic (exact) mass is 116 g/mol. The third kappa shape index (κ3) is 5.69. The summed E-state index contributed by atoms with van der Waals surface area (Å²) in [7, 11) is 3.47. The predicted molar refractivity (Wildman–Crippen MR) is 36.4 cm³/mol. The number of thioether (sulfide) groups is 1. The number of nitrogens with zero attached hydrogens (tertiary/aromatic N) is 2. The molecule has 0 aliphatic heterocycles. The lowest BCUT2D eigenvalue weighted by Crippen LogP contribution is -1.62. The van der Waals surface area contributed by atoms with Crippen LogP contribution in [0.3, 0.4) is 0 Å². The fourth-order valence-electron chi connectivity index (χ4n) is 0.149. The van der Waals surface area contributed by atoms with Gasteiger partial charge in [0, 0.05) is 14.1 Å². The summed E-state index contributed by atoms with van der Waals surface area (Å²) in [6, 6.07) is 0. The first-order chi connectivity index (χ1) is 3.41. The lowest BCUT2D eigenvalue weighted by molar-refractivity contribution is 1.48. The van der Waals surface area contributed by atoms with E-state index < -0.39 is 0 Å². The molecule has 0 saturated carbocycles. The minimum absolute atomic E-state index is 1.47. The van der Waals surface area contributed by atoms with E-state index in [0.29, 0.717) is 0 Å². The van der Waals surface area contributed by atoms with E-state index in [4.69, 9.17) is 0 Å². The van der Waals surface area contributed by atoms with Gasteiger partial charge in [0.05, 0.1) is 11.1 Å². The minimum Gasteiger partial charge on any atom is -0.289 e. The molecule has 0 aromatic heterocycles. The van der Waals surface area contributed by atoms with E-state index in [2.05, 4.69) is 9.98 Å². The molecule has 0 bridgehead atoms. The van der Waals surface area contributed by atoms with Crippen LogP contribution < -0.4 is 0 Å². The quantitative estimate of drug-likeness (QED) is 0.391. The molecule has 2 nitrogen and oxygen atoms in total. The normalized spacial score (nSPS) is 11.7. The van der Waals surface area contributed by atoms with Crippen LogP contribution in [-0.2, 0) is 0 Å². The molecule has 0 aliphatic carbocycles. The van der Waals surface area contributed by atoms with Gasteiger partial charge in [0.1, 0.15) is 0 Å². The second kappa shape index (κ2) is 5.69. The smallest absolute Gasteiger partial charge is 0.0594 e. The number of aliphatic imine (C=N–C) groups is 2. The van der Waals surface area contributed by atoms with Gasteiger partial charge in [0.25, 0.3) is 0 Å². The van der Waals surface area contributed by atoms with Crippen molar-refractivity contribution in [1.82, 2.24) is 0 Å². The van der Waals surface area contributed by atoms with Crippen molar-refractivity contribution in [2.24, 2.45) is 9.98 Å². The van der Waals surface area contributed by atoms with E-state index >= 15 is 0 Å². The van der Waals surface area contributed by atoms with Crippen LogP contribution in [0, 0.1) is 0 Å². The topological polar surface area (TPSA) is 24.7 Å². The van der Waals surface area contributed by atoms with E-state index in [1.54, 1.807) is 25.2 Å². The van der Waals surface area contributed by atoms with Crippen LogP contribution in [0.4, 0.5) is 0 Å². The molecule has 0 aromatic rings. The molecule has 0 spiro atoms. The molecule has 0 amide bonds. The molecule has 0 atom stereocenters. The molecule has 0 radical (unpaired) electrons. The van der Waals surface area contributed by atoms with Crippen molar-refractivity contribution in [1.29, 1.82) is 0 Å². The first-order valence-corrected chi connectivity index (χ1v) is 2.83. The summed E-state index contributed by atoms with van der Waals surface area (Å²) in [5.74, 6) is 0. The standard InChI is InChI=1S/C4H8N2S/c1-5-3-7-4-6-2/h3-4H,1-2H3/b5-3-,6-4+. The first kappa shape index (κ1) is 6.69. The van der Waals surface area contributed by atoms with Crippen molar-refractivity contribution in [3.8, 4) is 0 Å². The second-order valence-electron chi connectivity index (χ2n) is 0.863. The molecule has 0 heterocycles. The highest BCUT2D eigenvalue weighted by atomic mass is 32.2. The molecule has 0 saturated heterocycles. The molecule has 40 valence electrons. The summed E-state index contributed by atoms with van der Waals surface area (Å²) in [4.78, 5) is 7.44. The summed E-state index contributed by atoms with van der Waals surface area (Å²) in [5.41, 5.74) is 3.46. The first-order valence-electron chi connectivity index (χ1n) is 1.88. The summed E-state index contributed by atoms with van der Waals surface area (Å²) < 4.78 is 0. The lowest BCUT2D eigenvalue weighted by atomic mass is 11.4. The molecular formula is C4H8N2S. The van der Waals surface area contributed by atoms with E-state index in [9.17, 15) is 0 Å². The van der Waals surface area contributed by atoms with Crippen molar-refractivity contribution in [3.05, 3.63) is 0 Å². The SMILES string of the molecule is C/N=C\S/C=N/C. The van der Waals surface area contributed by atoms with Gasteiger partial charge < -0.3 is 0 Å². The Hall–Kier alpha value is -0.310. The average Bonchev–Trinajstić information content (AvgIpc) is 1.69. The van der Waals surface area contributed by atoms with Crippen molar-refractivity contribution < 1.29 is 0 Å². The molecule has 7 heavy (non-hydrogen) atoms. The predicted octanol–water partition coefficient (Wildman–Crippen LogP) is 1.04. The zero-order valence-corrected chi connectivity index (χ0v) is 5.27. The molecule has 0 aliphatic rings. The van der Waals surface area contributed by atoms with Gasteiger partial charge >= 0.3 is 0 Å². The maximum atomic E-state index is 3.72. The maximum Gasteiger partial charge on any atom is 0.0594 e. The maximum absolute atomic E-state index is 3.72. The summed E-state index contributed by atoms with van der Waals surface area (Å²) in [6.07, 6.45) is 0. The Bertz CT molecular complexity index is 67.8. The molecule has 0 rings (SSSR count). The van der Waals surface area contributed by atoms with Crippen molar-refractivity contribution >= 4 is 22.9 Å². The van der Waals surface area contributed by atoms with E-state index in [1.165, 1.54) is 11.8 Å². The molecule has 0 fully saturated rings. The van der Waals surface area contributed by atoms with Crippen LogP contribution in [0.5, 0.6) is 0 Å². The Kier molecular flexibility index (Phi) is 5.44. The third-order valence-corrected chi connectivity index (χ3v) is 0.998. The van der Waals surface area contributed by atoms with Gasteiger partial charge in [0.2, 0.25) is 0 Å². The van der Waals surface area contributed by atoms with Crippen LogP contribution in [0.2, 0.25) is 0 Å². The highest BCUT2D eigenvalue weighted by Gasteiger charge is 1.63. The van der Waals surface area contributed by atoms with Gasteiger partial charge in [0.15, 0.2) is 0 Å². The van der Waals surface area contributed by atoms with Gasteiger partial charge in [-0.1, -0.05) is 11.8 Å². The van der Waals surface area contributed by atoms with Crippen molar-refractivity contribution in [2.45, 2.75) is 0 Å². The van der Waals surface area contributed by atoms with Gasteiger partial charge in [-0.3, -0.25) is 9.98 Å². The third-order valence-electron chi connectivity index (χ3n) is 0.333. The van der Waals surface area contributed by atoms with Crippen molar-refractivity contribution in [2.75, 3.05) is 14.1 Å². The zero-order valence-electron chi connectivity index (χ0n) is 4.46. The molecular weight excluding hydrogens is 108 g/mol. The van der Waals surface area contributed by atoms with Gasteiger partial charge in [-0.25, -0.2) is 0 Å². The zero-order chi connectivity index (χ0) is 5.54. The minimum atomic E-state index is 1.47. The molecule has 0 unspecified atom stereocenters. The number of rotatable bonds is 2. The second-order valence-corrected chi connectivity index (χ2v) is 1.56. The number of hydrogen-bond donors (Lipinski definition) is 0. The summed E-state index contributed by atoms with van der Waals surface area (Å²) in [5, 5.41) is 0. The number of hydrogen-bond acceptors (Lipinski definition) is 3. The van der Waals surface area contributed by atoms with Crippen LogP contribution in [0.25, 0.3) is 0 Å². The van der Waals surface area contributed by atoms with Gasteiger partial charge in [-0.05, 0) is 0 Å². The fourth-order valence-corrected chi connectivity index (χ4v) is 0.447. The Balaban J connectivity index is 2.98. The van der Waals surface area contributed by atoms with Gasteiger partial charge in [-0.15, -0.1) is 0 Å². The largest absolute Gasteiger partial charge is 0.289 e. The Morgan fingerprint density at radius 3 is 1.86 bits per heavy atom.